The lowest BCUT2D eigenvalue weighted by Crippen LogP contribution is -2.32. The third-order valence-corrected chi connectivity index (χ3v) is 4.41. The number of rotatable bonds is 8. The van der Waals surface area contributed by atoms with Crippen molar-refractivity contribution >= 4 is 11.9 Å². The number of nitrogens with one attached hydrogen (secondary N) is 1. The third kappa shape index (κ3) is 5.09. The molecule has 0 radical (unpaired) electrons. The zero-order chi connectivity index (χ0) is 19.2. The largest absolute Gasteiger partial charge is 0.496 e. The Kier molecular flexibility index (Phi) is 6.39. The molecule has 0 spiro atoms. The van der Waals surface area contributed by atoms with Crippen LogP contribution in [0.5, 0.6) is 5.75 Å². The standard InChI is InChI=1S/C21H25NO4/c1-21(2,17-7-5-4-6-8-17)14-19(23)22-12-11-15-9-10-16(20(24)25)13-18(15)26-3/h4-10,13H,11-12,14H2,1-3H3,(H,22,23)(H,24,25). The van der Waals surface area contributed by atoms with Gasteiger partial charge in [0.15, 0.2) is 0 Å². The second-order valence-electron chi connectivity index (χ2n) is 6.86. The molecule has 2 N–H and O–H groups in total. The second kappa shape index (κ2) is 8.52. The molecule has 2 aromatic carbocycles. The van der Waals surface area contributed by atoms with Crippen LogP contribution in [0.3, 0.4) is 0 Å². The average molecular weight is 355 g/mol. The van der Waals surface area contributed by atoms with Gasteiger partial charge < -0.3 is 15.2 Å². The molecule has 5 nitrogen and oxygen atoms in total. The number of methoxy groups -OCH3 is 1. The highest BCUT2D eigenvalue weighted by atomic mass is 16.5. The van der Waals surface area contributed by atoms with Gasteiger partial charge in [-0.05, 0) is 35.1 Å². The Morgan fingerprint density at radius 2 is 1.81 bits per heavy atom. The van der Waals surface area contributed by atoms with Gasteiger partial charge in [-0.15, -0.1) is 0 Å². The third-order valence-electron chi connectivity index (χ3n) is 4.41. The lowest BCUT2D eigenvalue weighted by Gasteiger charge is -2.24. The SMILES string of the molecule is COc1cc(C(=O)O)ccc1CCNC(=O)CC(C)(C)c1ccccc1. The van der Waals surface area contributed by atoms with E-state index in [1.54, 1.807) is 12.1 Å². The fourth-order valence-corrected chi connectivity index (χ4v) is 2.88. The summed E-state index contributed by atoms with van der Waals surface area (Å²) in [5.74, 6) is -0.491. The summed E-state index contributed by atoms with van der Waals surface area (Å²) in [4.78, 5) is 23.3. The minimum absolute atomic E-state index is 0.0139. The fraction of sp³-hybridized carbons (Fsp3) is 0.333. The van der Waals surface area contributed by atoms with Crippen LogP contribution in [0, 0.1) is 0 Å². The van der Waals surface area contributed by atoms with Crippen LogP contribution in [-0.2, 0) is 16.6 Å². The monoisotopic (exact) mass is 355 g/mol. The number of carbonyl (C=O) groups is 2. The lowest BCUT2D eigenvalue weighted by atomic mass is 9.81. The van der Waals surface area contributed by atoms with E-state index in [0.29, 0.717) is 25.1 Å². The molecule has 0 atom stereocenters. The first-order valence-corrected chi connectivity index (χ1v) is 8.56. The van der Waals surface area contributed by atoms with Crippen LogP contribution in [0.4, 0.5) is 0 Å². The topological polar surface area (TPSA) is 75.6 Å². The minimum Gasteiger partial charge on any atom is -0.496 e. The number of ether oxygens (including phenoxy) is 1. The summed E-state index contributed by atoms with van der Waals surface area (Å²) in [7, 11) is 1.51. The van der Waals surface area contributed by atoms with Crippen LogP contribution >= 0.6 is 0 Å². The van der Waals surface area contributed by atoms with E-state index in [4.69, 9.17) is 9.84 Å². The molecule has 5 heteroatoms. The van der Waals surface area contributed by atoms with Gasteiger partial charge in [0.1, 0.15) is 5.75 Å². The maximum absolute atomic E-state index is 12.3. The first-order chi connectivity index (χ1) is 12.3. The van der Waals surface area contributed by atoms with E-state index in [0.717, 1.165) is 11.1 Å². The molecule has 2 rings (SSSR count). The van der Waals surface area contributed by atoms with Gasteiger partial charge in [-0.25, -0.2) is 4.79 Å². The number of benzene rings is 2. The molecule has 26 heavy (non-hydrogen) atoms. The number of carbonyl (C=O) groups excluding carboxylic acids is 1. The first-order valence-electron chi connectivity index (χ1n) is 8.56. The molecular formula is C21H25NO4. The molecular weight excluding hydrogens is 330 g/mol. The second-order valence-corrected chi connectivity index (χ2v) is 6.86. The highest BCUT2D eigenvalue weighted by Crippen LogP contribution is 2.26. The maximum atomic E-state index is 12.3. The van der Waals surface area contributed by atoms with Gasteiger partial charge in [0.25, 0.3) is 0 Å². The van der Waals surface area contributed by atoms with E-state index in [1.807, 2.05) is 30.3 Å². The van der Waals surface area contributed by atoms with E-state index in [1.165, 1.54) is 13.2 Å². The Morgan fingerprint density at radius 3 is 2.42 bits per heavy atom. The van der Waals surface area contributed by atoms with Crippen LogP contribution in [0.15, 0.2) is 48.5 Å². The zero-order valence-electron chi connectivity index (χ0n) is 15.4. The lowest BCUT2D eigenvalue weighted by molar-refractivity contribution is -0.122. The van der Waals surface area contributed by atoms with Crippen molar-refractivity contribution in [1.29, 1.82) is 0 Å². The Labute approximate surface area is 154 Å². The van der Waals surface area contributed by atoms with E-state index in [9.17, 15) is 9.59 Å². The smallest absolute Gasteiger partial charge is 0.335 e. The van der Waals surface area contributed by atoms with Crippen LogP contribution < -0.4 is 10.1 Å². The van der Waals surface area contributed by atoms with Crippen molar-refractivity contribution in [2.24, 2.45) is 0 Å². The van der Waals surface area contributed by atoms with Crippen molar-refractivity contribution in [3.05, 3.63) is 65.2 Å². The summed E-state index contributed by atoms with van der Waals surface area (Å²) in [6, 6.07) is 14.7. The summed E-state index contributed by atoms with van der Waals surface area (Å²) < 4.78 is 5.26. The number of hydrogen-bond donors (Lipinski definition) is 2. The number of carboxylic acids is 1. The molecule has 1 amide bonds. The Morgan fingerprint density at radius 1 is 1.12 bits per heavy atom. The molecule has 0 aromatic heterocycles. The first kappa shape index (κ1) is 19.5. The quantitative estimate of drug-likeness (QED) is 0.761. The summed E-state index contributed by atoms with van der Waals surface area (Å²) in [6.45, 7) is 4.57. The molecule has 138 valence electrons. The molecule has 0 bridgehead atoms. The molecule has 0 heterocycles. The van der Waals surface area contributed by atoms with Gasteiger partial charge >= 0.3 is 5.97 Å². The van der Waals surface area contributed by atoms with Crippen LogP contribution in [0.2, 0.25) is 0 Å². The predicted molar refractivity (Wildman–Crippen MR) is 101 cm³/mol. The summed E-state index contributed by atoms with van der Waals surface area (Å²) in [5, 5.41) is 12.0. The van der Waals surface area contributed by atoms with Gasteiger partial charge in [-0.3, -0.25) is 4.79 Å². The zero-order valence-corrected chi connectivity index (χ0v) is 15.4. The van der Waals surface area contributed by atoms with E-state index < -0.39 is 5.97 Å². The Balaban J connectivity index is 1.91. The van der Waals surface area contributed by atoms with Gasteiger partial charge in [-0.2, -0.15) is 0 Å². The maximum Gasteiger partial charge on any atom is 0.335 e. The Bertz CT molecular complexity index is 769. The van der Waals surface area contributed by atoms with Crippen molar-refractivity contribution < 1.29 is 19.4 Å². The molecule has 0 aliphatic carbocycles. The minimum atomic E-state index is -0.994. The van der Waals surface area contributed by atoms with Gasteiger partial charge in [0.2, 0.25) is 5.91 Å². The van der Waals surface area contributed by atoms with Crippen molar-refractivity contribution in [2.75, 3.05) is 13.7 Å². The summed E-state index contributed by atoms with van der Waals surface area (Å²) >= 11 is 0. The van der Waals surface area contributed by atoms with E-state index in [-0.39, 0.29) is 16.9 Å². The van der Waals surface area contributed by atoms with Crippen LogP contribution in [0.25, 0.3) is 0 Å². The highest BCUT2D eigenvalue weighted by molar-refractivity contribution is 5.88. The Hall–Kier alpha value is -2.82. The molecule has 0 unspecified atom stereocenters. The summed E-state index contributed by atoms with van der Waals surface area (Å²) in [5.41, 5.74) is 1.92. The average Bonchev–Trinajstić information content (AvgIpc) is 2.62. The van der Waals surface area contributed by atoms with Crippen molar-refractivity contribution in [2.45, 2.75) is 32.1 Å². The molecule has 0 saturated carbocycles. The predicted octanol–water partition coefficient (Wildman–Crippen LogP) is 3.42. The molecule has 0 saturated heterocycles. The van der Waals surface area contributed by atoms with Crippen LogP contribution in [-0.4, -0.2) is 30.6 Å². The normalized spacial score (nSPS) is 11.0. The van der Waals surface area contributed by atoms with E-state index >= 15 is 0 Å². The molecule has 0 aliphatic rings. The van der Waals surface area contributed by atoms with Crippen molar-refractivity contribution in [1.82, 2.24) is 5.32 Å². The number of amides is 1. The molecule has 2 aromatic rings. The number of aromatic carboxylic acids is 1. The van der Waals surface area contributed by atoms with Gasteiger partial charge in [0, 0.05) is 13.0 Å². The fourth-order valence-electron chi connectivity index (χ4n) is 2.88. The van der Waals surface area contributed by atoms with Crippen molar-refractivity contribution in [3.63, 3.8) is 0 Å². The van der Waals surface area contributed by atoms with Crippen LogP contribution in [0.1, 0.15) is 41.8 Å². The summed E-state index contributed by atoms with van der Waals surface area (Å²) in [6.07, 6.45) is 0.965. The van der Waals surface area contributed by atoms with Gasteiger partial charge in [0.05, 0.1) is 12.7 Å². The highest BCUT2D eigenvalue weighted by Gasteiger charge is 2.23. The molecule has 0 fully saturated rings. The molecule has 0 aliphatic heterocycles. The number of hydrogen-bond acceptors (Lipinski definition) is 3. The van der Waals surface area contributed by atoms with Crippen molar-refractivity contribution in [3.8, 4) is 5.75 Å². The number of carboxylic acid groups (broad SMARTS) is 1. The van der Waals surface area contributed by atoms with Gasteiger partial charge in [-0.1, -0.05) is 50.2 Å². The van der Waals surface area contributed by atoms with E-state index in [2.05, 4.69) is 19.2 Å².